The van der Waals surface area contributed by atoms with Crippen molar-refractivity contribution in [3.63, 3.8) is 0 Å². The van der Waals surface area contributed by atoms with Crippen molar-refractivity contribution in [1.82, 2.24) is 15.2 Å². The molecule has 1 amide bonds. The van der Waals surface area contributed by atoms with Gasteiger partial charge < -0.3 is 15.0 Å². The molecule has 3 rings (SSSR count). The van der Waals surface area contributed by atoms with Crippen molar-refractivity contribution < 1.29 is 9.53 Å². The van der Waals surface area contributed by atoms with Gasteiger partial charge in [0, 0.05) is 37.6 Å². The Bertz CT molecular complexity index is 678. The highest BCUT2D eigenvalue weighted by molar-refractivity contribution is 6.32. The van der Waals surface area contributed by atoms with Crippen molar-refractivity contribution >= 4 is 42.3 Å². The summed E-state index contributed by atoms with van der Waals surface area (Å²) < 4.78 is 5.70. The largest absolute Gasteiger partial charge is 0.456 e. The van der Waals surface area contributed by atoms with Gasteiger partial charge in [-0.25, -0.2) is 0 Å². The fraction of sp³-hybridized carbons (Fsp3) is 0.294. The molecule has 0 radical (unpaired) electrons. The SMILES string of the molecule is Cl.Cl.O=C(c1ccc(Oc2ccncc2)c(Cl)c1)N1CCCNCC1. The molecule has 1 N–H and O–H groups in total. The van der Waals surface area contributed by atoms with Crippen molar-refractivity contribution in [1.29, 1.82) is 0 Å². The first kappa shape index (κ1) is 21.5. The Balaban J connectivity index is 0.00000156. The number of pyridine rings is 1. The van der Waals surface area contributed by atoms with Gasteiger partial charge in [0.15, 0.2) is 0 Å². The van der Waals surface area contributed by atoms with E-state index in [0.29, 0.717) is 28.6 Å². The maximum absolute atomic E-state index is 12.6. The predicted molar refractivity (Wildman–Crippen MR) is 104 cm³/mol. The van der Waals surface area contributed by atoms with Crippen molar-refractivity contribution in [3.8, 4) is 11.5 Å². The number of amides is 1. The fourth-order valence-corrected chi connectivity index (χ4v) is 2.70. The zero-order valence-corrected chi connectivity index (χ0v) is 15.9. The van der Waals surface area contributed by atoms with Crippen molar-refractivity contribution in [3.05, 3.63) is 53.3 Å². The Morgan fingerprint density at radius 2 is 1.88 bits per heavy atom. The summed E-state index contributed by atoms with van der Waals surface area (Å²) in [6.07, 6.45) is 4.26. The first-order chi connectivity index (χ1) is 11.2. The zero-order chi connectivity index (χ0) is 16.1. The number of benzene rings is 1. The van der Waals surface area contributed by atoms with Gasteiger partial charge >= 0.3 is 0 Å². The topological polar surface area (TPSA) is 54.5 Å². The second-order valence-corrected chi connectivity index (χ2v) is 5.73. The minimum absolute atomic E-state index is 0. The van der Waals surface area contributed by atoms with E-state index >= 15 is 0 Å². The molecule has 0 bridgehead atoms. The minimum Gasteiger partial charge on any atom is -0.456 e. The van der Waals surface area contributed by atoms with Gasteiger partial charge in [0.1, 0.15) is 11.5 Å². The molecule has 0 unspecified atom stereocenters. The van der Waals surface area contributed by atoms with Crippen LogP contribution in [0.3, 0.4) is 0 Å². The van der Waals surface area contributed by atoms with Gasteiger partial charge in [0.05, 0.1) is 5.02 Å². The third-order valence-electron chi connectivity index (χ3n) is 3.68. The Morgan fingerprint density at radius 1 is 1.12 bits per heavy atom. The van der Waals surface area contributed by atoms with E-state index in [-0.39, 0.29) is 30.7 Å². The Labute approximate surface area is 164 Å². The highest BCUT2D eigenvalue weighted by Crippen LogP contribution is 2.30. The quantitative estimate of drug-likeness (QED) is 0.845. The fourth-order valence-electron chi connectivity index (χ4n) is 2.48. The molecule has 5 nitrogen and oxygen atoms in total. The Kier molecular flexibility index (Phi) is 9.00. The molecule has 136 valence electrons. The van der Waals surface area contributed by atoms with Gasteiger partial charge in [-0.2, -0.15) is 0 Å². The Morgan fingerprint density at radius 3 is 2.60 bits per heavy atom. The molecule has 8 heteroatoms. The van der Waals surface area contributed by atoms with Gasteiger partial charge in [0.25, 0.3) is 5.91 Å². The number of hydrogen-bond donors (Lipinski definition) is 1. The van der Waals surface area contributed by atoms with Crippen LogP contribution in [0.4, 0.5) is 0 Å². The smallest absolute Gasteiger partial charge is 0.253 e. The lowest BCUT2D eigenvalue weighted by Gasteiger charge is -2.20. The molecule has 1 aliphatic rings. The van der Waals surface area contributed by atoms with E-state index in [9.17, 15) is 4.79 Å². The molecule has 1 aliphatic heterocycles. The summed E-state index contributed by atoms with van der Waals surface area (Å²) in [5.74, 6) is 1.18. The first-order valence-corrected chi connectivity index (χ1v) is 7.99. The van der Waals surface area contributed by atoms with Crippen LogP contribution in [-0.2, 0) is 0 Å². The molecule has 1 fully saturated rings. The highest BCUT2D eigenvalue weighted by Gasteiger charge is 2.18. The van der Waals surface area contributed by atoms with Gasteiger partial charge in [-0.3, -0.25) is 9.78 Å². The number of nitrogens with one attached hydrogen (secondary N) is 1. The lowest BCUT2D eigenvalue weighted by Crippen LogP contribution is -2.34. The maximum Gasteiger partial charge on any atom is 0.253 e. The number of hydrogen-bond acceptors (Lipinski definition) is 4. The van der Waals surface area contributed by atoms with Crippen molar-refractivity contribution in [2.75, 3.05) is 26.2 Å². The Hall–Kier alpha value is -1.53. The predicted octanol–water partition coefficient (Wildman–Crippen LogP) is 3.81. The van der Waals surface area contributed by atoms with Gasteiger partial charge in [-0.15, -0.1) is 24.8 Å². The monoisotopic (exact) mass is 403 g/mol. The summed E-state index contributed by atoms with van der Waals surface area (Å²) >= 11 is 6.27. The number of rotatable bonds is 3. The van der Waals surface area contributed by atoms with Gasteiger partial charge in [-0.05, 0) is 43.3 Å². The number of carbonyl (C=O) groups is 1. The van der Waals surface area contributed by atoms with E-state index in [1.165, 1.54) is 0 Å². The second-order valence-electron chi connectivity index (χ2n) is 5.33. The third-order valence-corrected chi connectivity index (χ3v) is 3.98. The van der Waals surface area contributed by atoms with Crippen LogP contribution in [0.1, 0.15) is 16.8 Å². The van der Waals surface area contributed by atoms with E-state index in [1.807, 2.05) is 4.90 Å². The van der Waals surface area contributed by atoms with Crippen LogP contribution in [0.25, 0.3) is 0 Å². The van der Waals surface area contributed by atoms with Crippen LogP contribution >= 0.6 is 36.4 Å². The number of aromatic nitrogens is 1. The normalized spacial score (nSPS) is 13.9. The van der Waals surface area contributed by atoms with E-state index in [2.05, 4.69) is 10.3 Å². The number of nitrogens with zero attached hydrogens (tertiary/aromatic N) is 2. The standard InChI is InChI=1S/C17H18ClN3O2.2ClH/c18-15-12-13(17(22)21-10-1-6-19-9-11-21)2-3-16(15)23-14-4-7-20-8-5-14;;/h2-5,7-8,12,19H,1,6,9-11H2;2*1H. The lowest BCUT2D eigenvalue weighted by atomic mass is 10.2. The summed E-state index contributed by atoms with van der Waals surface area (Å²) in [6, 6.07) is 8.65. The minimum atomic E-state index is 0. The summed E-state index contributed by atoms with van der Waals surface area (Å²) in [5.41, 5.74) is 0.582. The molecule has 0 atom stereocenters. The molecular weight excluding hydrogens is 385 g/mol. The van der Waals surface area contributed by atoms with Crippen LogP contribution in [0.15, 0.2) is 42.7 Å². The lowest BCUT2D eigenvalue weighted by molar-refractivity contribution is 0.0766. The van der Waals surface area contributed by atoms with Crippen molar-refractivity contribution in [2.45, 2.75) is 6.42 Å². The highest BCUT2D eigenvalue weighted by atomic mass is 35.5. The molecule has 0 saturated carbocycles. The van der Waals surface area contributed by atoms with E-state index in [4.69, 9.17) is 16.3 Å². The van der Waals surface area contributed by atoms with Crippen molar-refractivity contribution in [2.24, 2.45) is 0 Å². The second kappa shape index (κ2) is 10.5. The van der Waals surface area contributed by atoms with Gasteiger partial charge in [-0.1, -0.05) is 11.6 Å². The maximum atomic E-state index is 12.6. The summed E-state index contributed by atoms with van der Waals surface area (Å²) in [5, 5.41) is 3.70. The molecule has 1 aromatic heterocycles. The third kappa shape index (κ3) is 5.75. The van der Waals surface area contributed by atoms with Crippen LogP contribution in [-0.4, -0.2) is 42.0 Å². The molecule has 1 saturated heterocycles. The molecule has 0 spiro atoms. The molecule has 2 heterocycles. The summed E-state index contributed by atoms with van der Waals surface area (Å²) in [7, 11) is 0. The van der Waals surface area contributed by atoms with E-state index in [0.717, 1.165) is 26.1 Å². The van der Waals surface area contributed by atoms with Crippen LogP contribution in [0, 0.1) is 0 Å². The summed E-state index contributed by atoms with van der Waals surface area (Å²) in [4.78, 5) is 18.4. The van der Waals surface area contributed by atoms with E-state index in [1.54, 1.807) is 42.7 Å². The zero-order valence-electron chi connectivity index (χ0n) is 13.5. The van der Waals surface area contributed by atoms with E-state index < -0.39 is 0 Å². The number of ether oxygens (including phenoxy) is 1. The van der Waals surface area contributed by atoms with Crippen LogP contribution in [0.2, 0.25) is 5.02 Å². The number of carbonyl (C=O) groups excluding carboxylic acids is 1. The number of halogens is 3. The molecule has 25 heavy (non-hydrogen) atoms. The molecular formula is C17H20Cl3N3O2. The molecule has 2 aromatic rings. The molecule has 1 aromatic carbocycles. The van der Waals surface area contributed by atoms with Gasteiger partial charge in [0.2, 0.25) is 0 Å². The summed E-state index contributed by atoms with van der Waals surface area (Å²) in [6.45, 7) is 3.25. The van der Waals surface area contributed by atoms with Crippen LogP contribution in [0.5, 0.6) is 11.5 Å². The van der Waals surface area contributed by atoms with Crippen LogP contribution < -0.4 is 10.1 Å². The average molecular weight is 405 g/mol. The average Bonchev–Trinajstić information content (AvgIpc) is 2.86. The first-order valence-electron chi connectivity index (χ1n) is 7.61. The molecule has 0 aliphatic carbocycles.